The van der Waals surface area contributed by atoms with Crippen LogP contribution in [0, 0.1) is 12.8 Å². The minimum absolute atomic E-state index is 0.0863. The van der Waals surface area contributed by atoms with Crippen LogP contribution in [0.3, 0.4) is 0 Å². The molecule has 1 aromatic carbocycles. The standard InChI is InChI=1S/C15H21N3O4S/c1-10-4-5-14-12(6-10)16-15(22-14)18-7-11(13(19)8-18)9-23(20,21)17(2)3/h4-6,11,13,19H,7-9H2,1-3H3/t11-,13+/m0/s1. The minimum Gasteiger partial charge on any atom is -0.423 e. The fraction of sp³-hybridized carbons (Fsp3) is 0.533. The molecule has 1 saturated heterocycles. The predicted octanol–water partition coefficient (Wildman–Crippen LogP) is 0.825. The van der Waals surface area contributed by atoms with E-state index in [0.717, 1.165) is 11.1 Å². The zero-order valence-electron chi connectivity index (χ0n) is 13.4. The number of benzene rings is 1. The Morgan fingerprint density at radius 1 is 1.39 bits per heavy atom. The van der Waals surface area contributed by atoms with Gasteiger partial charge >= 0.3 is 0 Å². The van der Waals surface area contributed by atoms with Gasteiger partial charge in [-0.2, -0.15) is 4.98 Å². The van der Waals surface area contributed by atoms with Crippen LogP contribution in [-0.4, -0.2) is 61.9 Å². The van der Waals surface area contributed by atoms with Gasteiger partial charge in [0.1, 0.15) is 5.52 Å². The molecule has 0 bridgehead atoms. The Morgan fingerprint density at radius 2 is 2.13 bits per heavy atom. The van der Waals surface area contributed by atoms with E-state index in [0.29, 0.717) is 24.7 Å². The maximum absolute atomic E-state index is 12.0. The average Bonchev–Trinajstić information content (AvgIpc) is 3.02. The van der Waals surface area contributed by atoms with E-state index in [1.807, 2.05) is 25.1 Å². The quantitative estimate of drug-likeness (QED) is 0.888. The normalized spacial score (nSPS) is 22.4. The number of sulfonamides is 1. The van der Waals surface area contributed by atoms with Crippen molar-refractivity contribution < 1.29 is 17.9 Å². The van der Waals surface area contributed by atoms with Crippen LogP contribution >= 0.6 is 0 Å². The topological polar surface area (TPSA) is 86.9 Å². The van der Waals surface area contributed by atoms with Crippen molar-refractivity contribution >= 4 is 27.1 Å². The molecule has 126 valence electrons. The van der Waals surface area contributed by atoms with Crippen LogP contribution < -0.4 is 4.90 Å². The Bertz CT molecular complexity index is 815. The highest BCUT2D eigenvalue weighted by atomic mass is 32.2. The lowest BCUT2D eigenvalue weighted by Gasteiger charge is -2.17. The first kappa shape index (κ1) is 16.2. The van der Waals surface area contributed by atoms with Crippen molar-refractivity contribution in [3.8, 4) is 0 Å². The molecule has 1 aliphatic rings. The molecule has 0 saturated carbocycles. The summed E-state index contributed by atoms with van der Waals surface area (Å²) < 4.78 is 30.9. The number of oxazole rings is 1. The highest BCUT2D eigenvalue weighted by Crippen LogP contribution is 2.28. The number of fused-ring (bicyclic) bond motifs is 1. The Balaban J connectivity index is 1.79. The third-order valence-electron chi connectivity index (χ3n) is 4.19. The number of β-amino-alcohol motifs (C(OH)–C–C–N with tert-alkyl or cyclic N) is 1. The Morgan fingerprint density at radius 3 is 2.83 bits per heavy atom. The Labute approximate surface area is 135 Å². The third kappa shape index (κ3) is 3.19. The van der Waals surface area contributed by atoms with E-state index in [-0.39, 0.29) is 11.7 Å². The zero-order valence-corrected chi connectivity index (χ0v) is 14.2. The molecule has 7 nitrogen and oxygen atoms in total. The van der Waals surface area contributed by atoms with Crippen LogP contribution in [0.5, 0.6) is 0 Å². The second-order valence-electron chi connectivity index (χ2n) is 6.26. The molecular weight excluding hydrogens is 318 g/mol. The van der Waals surface area contributed by atoms with E-state index in [9.17, 15) is 13.5 Å². The lowest BCUT2D eigenvalue weighted by molar-refractivity contribution is 0.157. The van der Waals surface area contributed by atoms with Gasteiger partial charge in [0, 0.05) is 33.1 Å². The second kappa shape index (κ2) is 5.77. The number of nitrogens with zero attached hydrogens (tertiary/aromatic N) is 3. The van der Waals surface area contributed by atoms with E-state index < -0.39 is 16.1 Å². The van der Waals surface area contributed by atoms with Crippen molar-refractivity contribution in [3.05, 3.63) is 23.8 Å². The molecule has 8 heteroatoms. The van der Waals surface area contributed by atoms with Crippen LogP contribution in [0.25, 0.3) is 11.1 Å². The van der Waals surface area contributed by atoms with Crippen molar-refractivity contribution in [2.45, 2.75) is 13.0 Å². The summed E-state index contributed by atoms with van der Waals surface area (Å²) in [6.45, 7) is 2.70. The molecular formula is C15H21N3O4S. The first-order valence-electron chi connectivity index (χ1n) is 7.46. The van der Waals surface area contributed by atoms with Crippen molar-refractivity contribution in [1.29, 1.82) is 0 Å². The molecule has 23 heavy (non-hydrogen) atoms. The van der Waals surface area contributed by atoms with E-state index >= 15 is 0 Å². The van der Waals surface area contributed by atoms with E-state index in [2.05, 4.69) is 4.98 Å². The van der Waals surface area contributed by atoms with Gasteiger partial charge in [-0.25, -0.2) is 12.7 Å². The van der Waals surface area contributed by atoms with E-state index in [1.165, 1.54) is 18.4 Å². The summed E-state index contributed by atoms with van der Waals surface area (Å²) >= 11 is 0. The first-order chi connectivity index (χ1) is 10.8. The highest BCUT2D eigenvalue weighted by molar-refractivity contribution is 7.89. The number of aliphatic hydroxyl groups excluding tert-OH is 1. The predicted molar refractivity (Wildman–Crippen MR) is 87.9 cm³/mol. The molecule has 0 amide bonds. The summed E-state index contributed by atoms with van der Waals surface area (Å²) in [4.78, 5) is 6.25. The molecule has 1 fully saturated rings. The molecule has 1 aliphatic heterocycles. The van der Waals surface area contributed by atoms with Crippen molar-refractivity contribution in [2.24, 2.45) is 5.92 Å². The summed E-state index contributed by atoms with van der Waals surface area (Å²) in [5.74, 6) is -0.448. The third-order valence-corrected chi connectivity index (χ3v) is 6.15. The van der Waals surface area contributed by atoms with Crippen LogP contribution in [0.4, 0.5) is 6.01 Å². The molecule has 1 aromatic heterocycles. The van der Waals surface area contributed by atoms with Gasteiger partial charge in [0.25, 0.3) is 6.01 Å². The van der Waals surface area contributed by atoms with Crippen LogP contribution in [0.15, 0.2) is 22.6 Å². The van der Waals surface area contributed by atoms with Gasteiger partial charge < -0.3 is 14.4 Å². The van der Waals surface area contributed by atoms with Gasteiger partial charge in [0.15, 0.2) is 5.58 Å². The van der Waals surface area contributed by atoms with Crippen LogP contribution in [-0.2, 0) is 10.0 Å². The number of aryl methyl sites for hydroxylation is 1. The molecule has 3 rings (SSSR count). The molecule has 0 radical (unpaired) electrons. The summed E-state index contributed by atoms with van der Waals surface area (Å²) in [7, 11) is -0.360. The number of aliphatic hydroxyl groups is 1. The Hall–Kier alpha value is -1.64. The van der Waals surface area contributed by atoms with Gasteiger partial charge in [0.2, 0.25) is 10.0 Å². The largest absolute Gasteiger partial charge is 0.423 e. The number of hydrogen-bond donors (Lipinski definition) is 1. The molecule has 2 atom stereocenters. The van der Waals surface area contributed by atoms with Crippen molar-refractivity contribution in [3.63, 3.8) is 0 Å². The van der Waals surface area contributed by atoms with Gasteiger partial charge in [-0.1, -0.05) is 6.07 Å². The van der Waals surface area contributed by atoms with E-state index in [1.54, 1.807) is 4.90 Å². The minimum atomic E-state index is -3.35. The van der Waals surface area contributed by atoms with Crippen molar-refractivity contribution in [1.82, 2.24) is 9.29 Å². The highest BCUT2D eigenvalue weighted by Gasteiger charge is 2.37. The monoisotopic (exact) mass is 339 g/mol. The molecule has 0 aliphatic carbocycles. The SMILES string of the molecule is Cc1ccc2oc(N3C[C@@H](CS(=O)(=O)N(C)C)[C@H](O)C3)nc2c1. The molecule has 2 heterocycles. The van der Waals surface area contributed by atoms with Crippen LogP contribution in [0.1, 0.15) is 5.56 Å². The zero-order chi connectivity index (χ0) is 16.8. The Kier molecular flexibility index (Phi) is 4.07. The van der Waals surface area contributed by atoms with Crippen LogP contribution in [0.2, 0.25) is 0 Å². The number of rotatable bonds is 4. The summed E-state index contributed by atoms with van der Waals surface area (Å²) in [6.07, 6.45) is -0.721. The molecule has 0 spiro atoms. The van der Waals surface area contributed by atoms with Gasteiger partial charge in [0.05, 0.1) is 11.9 Å². The average molecular weight is 339 g/mol. The lowest BCUT2D eigenvalue weighted by Crippen LogP contribution is -2.33. The smallest absolute Gasteiger partial charge is 0.298 e. The number of hydrogen-bond acceptors (Lipinski definition) is 6. The molecule has 0 unspecified atom stereocenters. The lowest BCUT2D eigenvalue weighted by atomic mass is 10.1. The van der Waals surface area contributed by atoms with Gasteiger partial charge in [-0.05, 0) is 24.6 Å². The first-order valence-corrected chi connectivity index (χ1v) is 9.07. The summed E-state index contributed by atoms with van der Waals surface area (Å²) in [5.41, 5.74) is 2.54. The van der Waals surface area contributed by atoms with Crippen molar-refractivity contribution in [2.75, 3.05) is 37.8 Å². The van der Waals surface area contributed by atoms with Gasteiger partial charge in [-0.15, -0.1) is 0 Å². The second-order valence-corrected chi connectivity index (χ2v) is 8.49. The maximum Gasteiger partial charge on any atom is 0.298 e. The summed E-state index contributed by atoms with van der Waals surface area (Å²) in [6, 6.07) is 6.17. The number of anilines is 1. The van der Waals surface area contributed by atoms with E-state index in [4.69, 9.17) is 4.42 Å². The molecule has 2 aromatic rings. The maximum atomic E-state index is 12.0. The summed E-state index contributed by atoms with van der Waals surface area (Å²) in [5, 5.41) is 10.2. The van der Waals surface area contributed by atoms with Gasteiger partial charge in [-0.3, -0.25) is 0 Å². The fourth-order valence-corrected chi connectivity index (χ4v) is 3.92. The fourth-order valence-electron chi connectivity index (χ4n) is 2.75. The molecule has 1 N–H and O–H groups in total. The number of aromatic nitrogens is 1.